The van der Waals surface area contributed by atoms with Crippen LogP contribution < -0.4 is 0 Å². The SMILES string of the molecule is CC[C@@H](O)CN1CC(c2ccccc2C)OCC1C. The summed E-state index contributed by atoms with van der Waals surface area (Å²) in [6, 6.07) is 8.77. The summed E-state index contributed by atoms with van der Waals surface area (Å²) in [6.07, 6.45) is 0.693. The molecule has 0 radical (unpaired) electrons. The molecule has 2 unspecified atom stereocenters. The van der Waals surface area contributed by atoms with Crippen LogP contribution >= 0.6 is 0 Å². The van der Waals surface area contributed by atoms with Gasteiger partial charge in [0.1, 0.15) is 0 Å². The van der Waals surface area contributed by atoms with Crippen LogP contribution in [0, 0.1) is 6.92 Å². The Morgan fingerprint density at radius 3 is 2.84 bits per heavy atom. The van der Waals surface area contributed by atoms with Crippen LogP contribution in [0.25, 0.3) is 0 Å². The van der Waals surface area contributed by atoms with E-state index >= 15 is 0 Å². The molecule has 106 valence electrons. The molecule has 2 rings (SSSR count). The Kier molecular flexibility index (Phi) is 4.97. The van der Waals surface area contributed by atoms with Crippen LogP contribution in [0.4, 0.5) is 0 Å². The van der Waals surface area contributed by atoms with Crippen molar-refractivity contribution in [3.8, 4) is 0 Å². The number of rotatable bonds is 4. The van der Waals surface area contributed by atoms with Gasteiger partial charge in [-0.25, -0.2) is 0 Å². The summed E-state index contributed by atoms with van der Waals surface area (Å²) in [4.78, 5) is 2.34. The van der Waals surface area contributed by atoms with Gasteiger partial charge in [-0.1, -0.05) is 31.2 Å². The van der Waals surface area contributed by atoms with Crippen molar-refractivity contribution in [3.63, 3.8) is 0 Å². The summed E-state index contributed by atoms with van der Waals surface area (Å²) in [7, 11) is 0. The number of morpholine rings is 1. The van der Waals surface area contributed by atoms with Crippen molar-refractivity contribution in [1.29, 1.82) is 0 Å². The summed E-state index contributed by atoms with van der Waals surface area (Å²) in [6.45, 7) is 8.65. The monoisotopic (exact) mass is 263 g/mol. The van der Waals surface area contributed by atoms with Gasteiger partial charge in [-0.15, -0.1) is 0 Å². The molecular weight excluding hydrogens is 238 g/mol. The predicted molar refractivity (Wildman–Crippen MR) is 77.2 cm³/mol. The van der Waals surface area contributed by atoms with E-state index in [0.717, 1.165) is 26.1 Å². The Balaban J connectivity index is 2.07. The van der Waals surface area contributed by atoms with Crippen LogP contribution in [0.2, 0.25) is 0 Å². The van der Waals surface area contributed by atoms with E-state index in [1.54, 1.807) is 0 Å². The molecule has 0 saturated carbocycles. The van der Waals surface area contributed by atoms with E-state index in [-0.39, 0.29) is 12.2 Å². The Morgan fingerprint density at radius 2 is 2.16 bits per heavy atom. The molecule has 1 heterocycles. The van der Waals surface area contributed by atoms with Crippen LogP contribution in [0.3, 0.4) is 0 Å². The van der Waals surface area contributed by atoms with Gasteiger partial charge in [0, 0.05) is 19.1 Å². The molecule has 0 aromatic heterocycles. The molecule has 0 spiro atoms. The van der Waals surface area contributed by atoms with Crippen molar-refractivity contribution in [1.82, 2.24) is 4.90 Å². The lowest BCUT2D eigenvalue weighted by molar-refractivity contribution is -0.0716. The first kappa shape index (κ1) is 14.5. The molecule has 1 fully saturated rings. The normalized spacial score (nSPS) is 26.3. The second kappa shape index (κ2) is 6.51. The number of aliphatic hydroxyl groups is 1. The number of hydrogen-bond acceptors (Lipinski definition) is 3. The van der Waals surface area contributed by atoms with Crippen LogP contribution in [0.5, 0.6) is 0 Å². The Labute approximate surface area is 116 Å². The van der Waals surface area contributed by atoms with Gasteiger partial charge in [0.05, 0.1) is 18.8 Å². The van der Waals surface area contributed by atoms with E-state index in [0.29, 0.717) is 6.04 Å². The Bertz CT molecular complexity index is 407. The summed E-state index contributed by atoms with van der Waals surface area (Å²) in [5, 5.41) is 9.86. The first-order valence-corrected chi connectivity index (χ1v) is 7.21. The molecule has 3 atom stereocenters. The zero-order valence-corrected chi connectivity index (χ0v) is 12.2. The molecule has 3 heteroatoms. The van der Waals surface area contributed by atoms with Crippen LogP contribution in [-0.4, -0.2) is 41.8 Å². The van der Waals surface area contributed by atoms with Crippen molar-refractivity contribution in [2.75, 3.05) is 19.7 Å². The maximum atomic E-state index is 9.86. The minimum Gasteiger partial charge on any atom is -0.392 e. The summed E-state index contributed by atoms with van der Waals surface area (Å²) in [5.41, 5.74) is 2.54. The van der Waals surface area contributed by atoms with Crippen LogP contribution in [0.15, 0.2) is 24.3 Å². The molecule has 1 N–H and O–H groups in total. The Hall–Kier alpha value is -0.900. The standard InChI is InChI=1S/C16H25NO2/c1-4-14(18)9-17-10-16(19-11-13(17)3)15-8-6-5-7-12(15)2/h5-8,13-14,16,18H,4,9-11H2,1-3H3/t13?,14-,16?/m1/s1. The lowest BCUT2D eigenvalue weighted by Gasteiger charge is -2.39. The van der Waals surface area contributed by atoms with Gasteiger partial charge in [0.2, 0.25) is 0 Å². The van der Waals surface area contributed by atoms with Crippen molar-refractivity contribution in [2.24, 2.45) is 0 Å². The first-order chi connectivity index (χ1) is 9.11. The van der Waals surface area contributed by atoms with Gasteiger partial charge in [0.25, 0.3) is 0 Å². The van der Waals surface area contributed by atoms with Crippen molar-refractivity contribution < 1.29 is 9.84 Å². The molecule has 0 amide bonds. The van der Waals surface area contributed by atoms with Gasteiger partial charge in [-0.3, -0.25) is 4.90 Å². The third-order valence-electron chi connectivity index (χ3n) is 4.01. The third kappa shape index (κ3) is 3.56. The van der Waals surface area contributed by atoms with E-state index in [9.17, 15) is 5.11 Å². The average Bonchev–Trinajstić information content (AvgIpc) is 2.42. The topological polar surface area (TPSA) is 32.7 Å². The van der Waals surface area contributed by atoms with E-state index in [1.807, 2.05) is 6.92 Å². The highest BCUT2D eigenvalue weighted by molar-refractivity contribution is 5.28. The molecule has 3 nitrogen and oxygen atoms in total. The average molecular weight is 263 g/mol. The highest BCUT2D eigenvalue weighted by Crippen LogP contribution is 2.27. The number of ether oxygens (including phenoxy) is 1. The molecule has 1 aliphatic heterocycles. The number of β-amino-alcohol motifs (C(OH)–C–C–N with tert-alkyl or cyclic N) is 1. The summed E-state index contributed by atoms with van der Waals surface area (Å²) >= 11 is 0. The van der Waals surface area contributed by atoms with Crippen molar-refractivity contribution in [3.05, 3.63) is 35.4 Å². The van der Waals surface area contributed by atoms with E-state index in [4.69, 9.17) is 4.74 Å². The molecular formula is C16H25NO2. The first-order valence-electron chi connectivity index (χ1n) is 7.21. The fourth-order valence-corrected chi connectivity index (χ4v) is 2.60. The fraction of sp³-hybridized carbons (Fsp3) is 0.625. The van der Waals surface area contributed by atoms with E-state index < -0.39 is 0 Å². The molecule has 1 aromatic carbocycles. The van der Waals surface area contributed by atoms with Gasteiger partial charge >= 0.3 is 0 Å². The molecule has 0 bridgehead atoms. The van der Waals surface area contributed by atoms with Gasteiger partial charge in [-0.2, -0.15) is 0 Å². The van der Waals surface area contributed by atoms with Crippen molar-refractivity contribution in [2.45, 2.75) is 45.4 Å². The van der Waals surface area contributed by atoms with Crippen LogP contribution in [0.1, 0.15) is 37.5 Å². The number of benzene rings is 1. The maximum Gasteiger partial charge on any atom is 0.0955 e. The number of hydrogen-bond donors (Lipinski definition) is 1. The molecule has 1 aromatic rings. The number of aryl methyl sites for hydroxylation is 1. The second-order valence-electron chi connectivity index (χ2n) is 5.54. The minimum absolute atomic E-state index is 0.126. The third-order valence-corrected chi connectivity index (χ3v) is 4.01. The second-order valence-corrected chi connectivity index (χ2v) is 5.54. The van der Waals surface area contributed by atoms with Crippen LogP contribution in [-0.2, 0) is 4.74 Å². The summed E-state index contributed by atoms with van der Waals surface area (Å²) < 4.78 is 5.98. The highest BCUT2D eigenvalue weighted by Gasteiger charge is 2.28. The highest BCUT2D eigenvalue weighted by atomic mass is 16.5. The molecule has 1 saturated heterocycles. The smallest absolute Gasteiger partial charge is 0.0955 e. The van der Waals surface area contributed by atoms with Gasteiger partial charge in [-0.05, 0) is 31.4 Å². The lowest BCUT2D eigenvalue weighted by atomic mass is 10.0. The fourth-order valence-electron chi connectivity index (χ4n) is 2.60. The Morgan fingerprint density at radius 1 is 1.42 bits per heavy atom. The molecule has 19 heavy (non-hydrogen) atoms. The zero-order valence-electron chi connectivity index (χ0n) is 12.2. The molecule has 1 aliphatic rings. The maximum absolute atomic E-state index is 9.86. The van der Waals surface area contributed by atoms with E-state index in [1.165, 1.54) is 11.1 Å². The van der Waals surface area contributed by atoms with Gasteiger partial charge < -0.3 is 9.84 Å². The minimum atomic E-state index is -0.238. The van der Waals surface area contributed by atoms with E-state index in [2.05, 4.69) is 43.0 Å². The lowest BCUT2D eigenvalue weighted by Crippen LogP contribution is -2.48. The van der Waals surface area contributed by atoms with Crippen molar-refractivity contribution >= 4 is 0 Å². The molecule has 0 aliphatic carbocycles. The number of aliphatic hydroxyl groups excluding tert-OH is 1. The van der Waals surface area contributed by atoms with Gasteiger partial charge in [0.15, 0.2) is 0 Å². The largest absolute Gasteiger partial charge is 0.392 e. The quantitative estimate of drug-likeness (QED) is 0.906. The summed E-state index contributed by atoms with van der Waals surface area (Å²) in [5.74, 6) is 0. The zero-order chi connectivity index (χ0) is 13.8. The predicted octanol–water partition coefficient (Wildman–Crippen LogP) is 2.53. The number of nitrogens with zero attached hydrogens (tertiary/aromatic N) is 1.